The molecule has 0 fully saturated rings. The fraction of sp³-hybridized carbons (Fsp3) is 0.400. The normalized spacial score (nSPS) is 21.4. The number of amides is 1. The maximum absolute atomic E-state index is 11.9. The van der Waals surface area contributed by atoms with Crippen LogP contribution in [0.25, 0.3) is 0 Å². The molecule has 0 radical (unpaired) electrons. The van der Waals surface area contributed by atoms with Crippen LogP contribution < -0.4 is 10.1 Å². The Morgan fingerprint density at radius 2 is 2.11 bits per heavy atom. The summed E-state index contributed by atoms with van der Waals surface area (Å²) < 4.78 is 5.07. The molecule has 102 valence electrons. The lowest BCUT2D eigenvalue weighted by Gasteiger charge is -2.12. The van der Waals surface area contributed by atoms with Crippen molar-refractivity contribution in [2.45, 2.75) is 18.9 Å². The molecule has 1 aliphatic rings. The van der Waals surface area contributed by atoms with Crippen LogP contribution >= 0.6 is 0 Å². The quantitative estimate of drug-likeness (QED) is 0.785. The number of methoxy groups -OCH3 is 1. The van der Waals surface area contributed by atoms with Gasteiger partial charge in [-0.2, -0.15) is 0 Å². The number of rotatable bonds is 5. The molecule has 4 heteroatoms. The minimum Gasteiger partial charge on any atom is -0.497 e. The van der Waals surface area contributed by atoms with Gasteiger partial charge < -0.3 is 15.2 Å². The highest BCUT2D eigenvalue weighted by molar-refractivity contribution is 5.79. The molecular formula is C15H19NO3. The second kappa shape index (κ2) is 6.38. The van der Waals surface area contributed by atoms with E-state index in [0.717, 1.165) is 17.7 Å². The smallest absolute Gasteiger partial charge is 0.224 e. The lowest BCUT2D eigenvalue weighted by molar-refractivity contribution is -0.120. The molecule has 1 aromatic carbocycles. The van der Waals surface area contributed by atoms with Crippen LogP contribution in [0.3, 0.4) is 0 Å². The number of benzene rings is 1. The van der Waals surface area contributed by atoms with Gasteiger partial charge in [0.1, 0.15) is 5.75 Å². The van der Waals surface area contributed by atoms with Gasteiger partial charge in [-0.25, -0.2) is 0 Å². The Labute approximate surface area is 113 Å². The summed E-state index contributed by atoms with van der Waals surface area (Å²) in [4.78, 5) is 11.9. The predicted molar refractivity (Wildman–Crippen MR) is 73.0 cm³/mol. The van der Waals surface area contributed by atoms with E-state index in [4.69, 9.17) is 9.84 Å². The highest BCUT2D eigenvalue weighted by Crippen LogP contribution is 2.17. The third-order valence-corrected chi connectivity index (χ3v) is 3.28. The predicted octanol–water partition coefficient (Wildman–Crippen LogP) is 1.29. The number of ether oxygens (including phenoxy) is 1. The van der Waals surface area contributed by atoms with E-state index in [1.54, 1.807) is 7.11 Å². The van der Waals surface area contributed by atoms with Crippen molar-refractivity contribution in [1.82, 2.24) is 5.32 Å². The van der Waals surface area contributed by atoms with Gasteiger partial charge in [0, 0.05) is 18.6 Å². The summed E-state index contributed by atoms with van der Waals surface area (Å²) in [5.41, 5.74) is 0.957. The van der Waals surface area contributed by atoms with E-state index in [-0.39, 0.29) is 24.5 Å². The average Bonchev–Trinajstić information content (AvgIpc) is 2.87. The summed E-state index contributed by atoms with van der Waals surface area (Å²) in [5.74, 6) is 0.957. The lowest BCUT2D eigenvalue weighted by Crippen LogP contribution is -2.34. The summed E-state index contributed by atoms with van der Waals surface area (Å²) in [6.07, 6.45) is 5.05. The van der Waals surface area contributed by atoms with Crippen LogP contribution in [-0.2, 0) is 11.2 Å². The highest BCUT2D eigenvalue weighted by Gasteiger charge is 2.19. The van der Waals surface area contributed by atoms with Crippen molar-refractivity contribution in [3.63, 3.8) is 0 Å². The summed E-state index contributed by atoms with van der Waals surface area (Å²) in [7, 11) is 1.62. The molecule has 0 aliphatic heterocycles. The van der Waals surface area contributed by atoms with E-state index in [9.17, 15) is 4.79 Å². The first-order chi connectivity index (χ1) is 9.21. The van der Waals surface area contributed by atoms with E-state index in [1.807, 2.05) is 36.4 Å². The van der Waals surface area contributed by atoms with Gasteiger partial charge in [0.05, 0.1) is 13.5 Å². The number of hydrogen-bond acceptors (Lipinski definition) is 3. The van der Waals surface area contributed by atoms with Crippen molar-refractivity contribution in [3.8, 4) is 5.75 Å². The van der Waals surface area contributed by atoms with Gasteiger partial charge in [0.25, 0.3) is 0 Å². The minimum atomic E-state index is -0.00148. The van der Waals surface area contributed by atoms with E-state index in [1.165, 1.54) is 0 Å². The highest BCUT2D eigenvalue weighted by atomic mass is 16.5. The number of carbonyl (C=O) groups is 1. The molecule has 2 N–H and O–H groups in total. The monoisotopic (exact) mass is 261 g/mol. The van der Waals surface area contributed by atoms with E-state index < -0.39 is 0 Å². The summed E-state index contributed by atoms with van der Waals surface area (Å²) in [6.45, 7) is 0.140. The topological polar surface area (TPSA) is 58.6 Å². The first-order valence-corrected chi connectivity index (χ1v) is 6.42. The number of aliphatic hydroxyl groups excluding tert-OH is 1. The first kappa shape index (κ1) is 13.6. The van der Waals surface area contributed by atoms with Gasteiger partial charge in [0.15, 0.2) is 0 Å². The first-order valence-electron chi connectivity index (χ1n) is 6.42. The zero-order chi connectivity index (χ0) is 13.7. The van der Waals surface area contributed by atoms with Crippen molar-refractivity contribution in [2.75, 3.05) is 13.7 Å². The third-order valence-electron chi connectivity index (χ3n) is 3.28. The number of hydrogen-bond donors (Lipinski definition) is 2. The standard InChI is InChI=1S/C15H19NO3/c1-19-14-6-3-11(4-7-14)9-15(18)16-13-5-2-12(8-13)10-17/h2-7,12-13,17H,8-10H2,1H3,(H,16,18)/t12-,13+/m0/s1. The molecule has 1 aromatic rings. The van der Waals surface area contributed by atoms with Gasteiger partial charge in [-0.3, -0.25) is 4.79 Å². The number of aliphatic hydroxyl groups is 1. The summed E-state index contributed by atoms with van der Waals surface area (Å²) in [6, 6.07) is 7.52. The zero-order valence-corrected chi connectivity index (χ0v) is 11.0. The molecule has 0 spiro atoms. The fourth-order valence-corrected chi connectivity index (χ4v) is 2.20. The van der Waals surface area contributed by atoms with Crippen LogP contribution in [0.15, 0.2) is 36.4 Å². The maximum atomic E-state index is 11.9. The molecule has 2 rings (SSSR count). The third kappa shape index (κ3) is 3.83. The van der Waals surface area contributed by atoms with Crippen molar-refractivity contribution in [3.05, 3.63) is 42.0 Å². The van der Waals surface area contributed by atoms with Gasteiger partial charge in [-0.05, 0) is 24.1 Å². The molecule has 4 nitrogen and oxygen atoms in total. The van der Waals surface area contributed by atoms with Crippen molar-refractivity contribution >= 4 is 5.91 Å². The molecule has 0 bridgehead atoms. The van der Waals surface area contributed by atoms with Crippen molar-refractivity contribution in [2.24, 2.45) is 5.92 Å². The molecular weight excluding hydrogens is 242 g/mol. The van der Waals surface area contributed by atoms with Crippen LogP contribution in [0.2, 0.25) is 0 Å². The van der Waals surface area contributed by atoms with Crippen molar-refractivity contribution < 1.29 is 14.6 Å². The number of nitrogens with one attached hydrogen (secondary N) is 1. The van der Waals surface area contributed by atoms with E-state index in [0.29, 0.717) is 6.42 Å². The Bertz CT molecular complexity index is 453. The van der Waals surface area contributed by atoms with E-state index >= 15 is 0 Å². The van der Waals surface area contributed by atoms with Gasteiger partial charge in [0.2, 0.25) is 5.91 Å². The van der Waals surface area contributed by atoms with E-state index in [2.05, 4.69) is 5.32 Å². The fourth-order valence-electron chi connectivity index (χ4n) is 2.20. The zero-order valence-electron chi connectivity index (χ0n) is 11.0. The molecule has 0 unspecified atom stereocenters. The Hall–Kier alpha value is -1.81. The average molecular weight is 261 g/mol. The Balaban J connectivity index is 1.82. The SMILES string of the molecule is COc1ccc(CC(=O)N[C@@H]2C=C[C@H](CO)C2)cc1. The molecule has 0 saturated carbocycles. The number of carbonyl (C=O) groups excluding carboxylic acids is 1. The van der Waals surface area contributed by atoms with Crippen molar-refractivity contribution in [1.29, 1.82) is 0 Å². The van der Waals surface area contributed by atoms with Crippen LogP contribution in [0.5, 0.6) is 5.75 Å². The molecule has 0 saturated heterocycles. The molecule has 0 heterocycles. The maximum Gasteiger partial charge on any atom is 0.224 e. The Morgan fingerprint density at radius 3 is 2.68 bits per heavy atom. The largest absolute Gasteiger partial charge is 0.497 e. The molecule has 0 aromatic heterocycles. The van der Waals surface area contributed by atoms with Crippen LogP contribution in [0, 0.1) is 5.92 Å². The van der Waals surface area contributed by atoms with Crippen LogP contribution in [0.1, 0.15) is 12.0 Å². The van der Waals surface area contributed by atoms with Crippen LogP contribution in [0.4, 0.5) is 0 Å². The second-order valence-electron chi connectivity index (χ2n) is 4.76. The molecule has 1 amide bonds. The molecule has 1 aliphatic carbocycles. The lowest BCUT2D eigenvalue weighted by atomic mass is 10.1. The minimum absolute atomic E-state index is 0.00148. The van der Waals surface area contributed by atoms with Gasteiger partial charge in [-0.1, -0.05) is 24.3 Å². The molecule has 2 atom stereocenters. The summed E-state index contributed by atoms with van der Waals surface area (Å²) in [5, 5.41) is 12.0. The molecule has 19 heavy (non-hydrogen) atoms. The Morgan fingerprint density at radius 1 is 1.37 bits per heavy atom. The van der Waals surface area contributed by atoms with Gasteiger partial charge >= 0.3 is 0 Å². The van der Waals surface area contributed by atoms with Gasteiger partial charge in [-0.15, -0.1) is 0 Å². The second-order valence-corrected chi connectivity index (χ2v) is 4.76. The van der Waals surface area contributed by atoms with Crippen LogP contribution in [-0.4, -0.2) is 30.8 Å². The Kier molecular flexibility index (Phi) is 4.58. The summed E-state index contributed by atoms with van der Waals surface area (Å²) >= 11 is 0.